The van der Waals surface area contributed by atoms with Crippen molar-refractivity contribution < 1.29 is 4.79 Å². The molecule has 0 unspecified atom stereocenters. The van der Waals surface area contributed by atoms with E-state index in [1.54, 1.807) is 12.3 Å². The van der Waals surface area contributed by atoms with Crippen LogP contribution in [-0.4, -0.2) is 37.6 Å². The van der Waals surface area contributed by atoms with Gasteiger partial charge in [0.15, 0.2) is 0 Å². The Balaban J connectivity index is 2.84. The highest BCUT2D eigenvalue weighted by atomic mass is 16.1. The van der Waals surface area contributed by atoms with Gasteiger partial charge in [0.05, 0.1) is 0 Å². The van der Waals surface area contributed by atoms with Gasteiger partial charge in [0.2, 0.25) is 0 Å². The maximum Gasteiger partial charge on any atom is 0.269 e. The van der Waals surface area contributed by atoms with Crippen molar-refractivity contribution in [2.75, 3.05) is 31.6 Å². The average Bonchev–Trinajstić information content (AvgIpc) is 2.38. The summed E-state index contributed by atoms with van der Waals surface area (Å²) in [4.78, 5) is 17.9. The number of anilines is 1. The van der Waals surface area contributed by atoms with E-state index in [0.717, 1.165) is 12.2 Å². The number of nitrogens with one attached hydrogen (secondary N) is 1. The summed E-state index contributed by atoms with van der Waals surface area (Å²) in [5.41, 5.74) is 7.19. The van der Waals surface area contributed by atoms with Gasteiger partial charge in [-0.25, -0.2) is 0 Å². The van der Waals surface area contributed by atoms with Crippen LogP contribution < -0.4 is 16.0 Å². The van der Waals surface area contributed by atoms with Gasteiger partial charge in [-0.2, -0.15) is 0 Å². The van der Waals surface area contributed by atoms with Crippen LogP contribution in [0.3, 0.4) is 0 Å². The minimum absolute atomic E-state index is 0.0316. The van der Waals surface area contributed by atoms with Gasteiger partial charge in [-0.1, -0.05) is 13.8 Å². The number of pyridine rings is 1. The highest BCUT2D eigenvalue weighted by Gasteiger charge is 2.19. The number of nitrogens with zero attached hydrogens (tertiary/aromatic N) is 2. The number of carbonyl (C=O) groups is 1. The van der Waals surface area contributed by atoms with Crippen molar-refractivity contribution in [3.63, 3.8) is 0 Å². The van der Waals surface area contributed by atoms with E-state index in [1.807, 2.05) is 20.0 Å². The number of hydrogen-bond acceptors (Lipinski definition) is 4. The van der Waals surface area contributed by atoms with E-state index >= 15 is 0 Å². The zero-order chi connectivity index (χ0) is 14.5. The van der Waals surface area contributed by atoms with Gasteiger partial charge in [0, 0.05) is 32.0 Å². The molecule has 0 saturated heterocycles. The lowest BCUT2D eigenvalue weighted by molar-refractivity contribution is 0.0951. The molecular weight excluding hydrogens is 240 g/mol. The summed E-state index contributed by atoms with van der Waals surface area (Å²) >= 11 is 0. The van der Waals surface area contributed by atoms with Crippen LogP contribution >= 0.6 is 0 Å². The summed E-state index contributed by atoms with van der Waals surface area (Å²) in [6, 6.07) is 3.70. The Morgan fingerprint density at radius 2 is 2.21 bits per heavy atom. The molecule has 5 heteroatoms. The number of carbonyl (C=O) groups excluding carboxylic acids is 1. The molecule has 0 saturated carbocycles. The third-order valence-electron chi connectivity index (χ3n) is 2.97. The molecule has 3 N–H and O–H groups in total. The highest BCUT2D eigenvalue weighted by Crippen LogP contribution is 2.20. The topological polar surface area (TPSA) is 71.2 Å². The van der Waals surface area contributed by atoms with Crippen molar-refractivity contribution in [3.05, 3.63) is 24.0 Å². The first kappa shape index (κ1) is 15.4. The second-order valence-corrected chi connectivity index (χ2v) is 5.48. The maximum absolute atomic E-state index is 11.7. The van der Waals surface area contributed by atoms with Crippen molar-refractivity contribution in [2.24, 2.45) is 11.1 Å². The number of aromatic nitrogens is 1. The van der Waals surface area contributed by atoms with Crippen molar-refractivity contribution in [3.8, 4) is 0 Å². The van der Waals surface area contributed by atoms with Crippen LogP contribution in [0, 0.1) is 5.41 Å². The molecular formula is C14H24N4O. The molecule has 5 nitrogen and oxygen atoms in total. The van der Waals surface area contributed by atoms with E-state index in [1.165, 1.54) is 0 Å². The summed E-state index contributed by atoms with van der Waals surface area (Å²) in [5, 5.41) is 2.75. The molecule has 0 atom stereocenters. The molecule has 0 bridgehead atoms. The van der Waals surface area contributed by atoms with Crippen LogP contribution in [0.4, 0.5) is 5.69 Å². The molecule has 1 amide bonds. The zero-order valence-corrected chi connectivity index (χ0v) is 12.2. The Kier molecular flexibility index (Phi) is 5.30. The van der Waals surface area contributed by atoms with Gasteiger partial charge in [0.1, 0.15) is 5.69 Å². The second-order valence-electron chi connectivity index (χ2n) is 5.48. The predicted molar refractivity (Wildman–Crippen MR) is 78.3 cm³/mol. The SMILES string of the molecule is CCNC(=O)c1cc(N(C)CC(C)(C)CN)ccn1. The molecule has 0 aromatic carbocycles. The predicted octanol–water partition coefficient (Wildman–Crippen LogP) is 1.25. The lowest BCUT2D eigenvalue weighted by Crippen LogP contribution is -2.36. The highest BCUT2D eigenvalue weighted by molar-refractivity contribution is 5.93. The summed E-state index contributed by atoms with van der Waals surface area (Å²) in [6.07, 6.45) is 1.66. The molecule has 106 valence electrons. The molecule has 0 aliphatic rings. The molecule has 0 aliphatic heterocycles. The molecule has 0 fully saturated rings. The molecule has 1 rings (SSSR count). The van der Waals surface area contributed by atoms with Gasteiger partial charge >= 0.3 is 0 Å². The van der Waals surface area contributed by atoms with Crippen molar-refractivity contribution in [1.82, 2.24) is 10.3 Å². The third-order valence-corrected chi connectivity index (χ3v) is 2.97. The lowest BCUT2D eigenvalue weighted by Gasteiger charge is -2.30. The summed E-state index contributed by atoms with van der Waals surface area (Å²) in [6.45, 7) is 8.16. The zero-order valence-electron chi connectivity index (χ0n) is 12.2. The van der Waals surface area contributed by atoms with Crippen LogP contribution in [0.25, 0.3) is 0 Å². The third kappa shape index (κ3) is 4.52. The molecule has 0 aliphatic carbocycles. The molecule has 1 aromatic heterocycles. The van der Waals surface area contributed by atoms with E-state index < -0.39 is 0 Å². The molecule has 0 radical (unpaired) electrons. The Hall–Kier alpha value is -1.62. The minimum Gasteiger partial charge on any atom is -0.374 e. The van der Waals surface area contributed by atoms with Crippen molar-refractivity contribution in [1.29, 1.82) is 0 Å². The van der Waals surface area contributed by atoms with Crippen LogP contribution in [0.1, 0.15) is 31.3 Å². The Bertz CT molecular complexity index is 431. The fraction of sp³-hybridized carbons (Fsp3) is 0.571. The van der Waals surface area contributed by atoms with Gasteiger partial charge in [-0.15, -0.1) is 0 Å². The first-order valence-electron chi connectivity index (χ1n) is 6.55. The Morgan fingerprint density at radius 1 is 1.53 bits per heavy atom. The fourth-order valence-corrected chi connectivity index (χ4v) is 1.83. The standard InChI is InChI=1S/C14H24N4O/c1-5-16-13(19)12-8-11(6-7-17-12)18(4)10-14(2,3)9-15/h6-8H,5,9-10,15H2,1-4H3,(H,16,19). The first-order valence-corrected chi connectivity index (χ1v) is 6.55. The van der Waals surface area contributed by atoms with E-state index in [4.69, 9.17) is 5.73 Å². The largest absolute Gasteiger partial charge is 0.374 e. The van der Waals surface area contributed by atoms with E-state index in [9.17, 15) is 4.79 Å². The summed E-state index contributed by atoms with van der Waals surface area (Å²) in [7, 11) is 1.99. The Labute approximate surface area is 115 Å². The fourth-order valence-electron chi connectivity index (χ4n) is 1.83. The number of rotatable bonds is 6. The van der Waals surface area contributed by atoms with Gasteiger partial charge < -0.3 is 16.0 Å². The average molecular weight is 264 g/mol. The van der Waals surface area contributed by atoms with E-state index in [-0.39, 0.29) is 11.3 Å². The number of hydrogen-bond donors (Lipinski definition) is 2. The van der Waals surface area contributed by atoms with Crippen LogP contribution in [0.2, 0.25) is 0 Å². The van der Waals surface area contributed by atoms with E-state index in [2.05, 4.69) is 29.0 Å². The Morgan fingerprint density at radius 3 is 2.79 bits per heavy atom. The monoisotopic (exact) mass is 264 g/mol. The summed E-state index contributed by atoms with van der Waals surface area (Å²) < 4.78 is 0. The molecule has 19 heavy (non-hydrogen) atoms. The summed E-state index contributed by atoms with van der Waals surface area (Å²) in [5.74, 6) is -0.143. The number of amides is 1. The second kappa shape index (κ2) is 6.52. The maximum atomic E-state index is 11.7. The molecule has 1 aromatic rings. The normalized spacial score (nSPS) is 11.2. The first-order chi connectivity index (χ1) is 8.89. The van der Waals surface area contributed by atoms with Crippen LogP contribution in [0.15, 0.2) is 18.3 Å². The van der Waals surface area contributed by atoms with Gasteiger partial charge in [-0.05, 0) is 31.0 Å². The molecule has 1 heterocycles. The van der Waals surface area contributed by atoms with Crippen molar-refractivity contribution >= 4 is 11.6 Å². The number of nitrogens with two attached hydrogens (primary N) is 1. The smallest absolute Gasteiger partial charge is 0.269 e. The van der Waals surface area contributed by atoms with Gasteiger partial charge in [-0.3, -0.25) is 9.78 Å². The van der Waals surface area contributed by atoms with Crippen molar-refractivity contribution in [2.45, 2.75) is 20.8 Å². The van der Waals surface area contributed by atoms with Crippen LogP contribution in [0.5, 0.6) is 0 Å². The minimum atomic E-state index is -0.143. The molecule has 0 spiro atoms. The quantitative estimate of drug-likeness (QED) is 0.811. The van der Waals surface area contributed by atoms with E-state index in [0.29, 0.717) is 18.8 Å². The lowest BCUT2D eigenvalue weighted by atomic mass is 9.93. The van der Waals surface area contributed by atoms with Crippen LogP contribution in [-0.2, 0) is 0 Å². The van der Waals surface area contributed by atoms with Gasteiger partial charge in [0.25, 0.3) is 5.91 Å².